The van der Waals surface area contributed by atoms with Gasteiger partial charge >= 0.3 is 5.97 Å². The van der Waals surface area contributed by atoms with Gasteiger partial charge in [0.05, 0.1) is 18.4 Å². The van der Waals surface area contributed by atoms with Crippen molar-refractivity contribution in [3.05, 3.63) is 76.8 Å². The van der Waals surface area contributed by atoms with Gasteiger partial charge in [-0.2, -0.15) is 5.10 Å². The number of hydrogen-bond acceptors (Lipinski definition) is 5. The zero-order valence-corrected chi connectivity index (χ0v) is 15.3. The summed E-state index contributed by atoms with van der Waals surface area (Å²) in [4.78, 5) is 11.6. The number of benzene rings is 2. The van der Waals surface area contributed by atoms with E-state index >= 15 is 0 Å². The summed E-state index contributed by atoms with van der Waals surface area (Å²) in [6, 6.07) is 9.39. The van der Waals surface area contributed by atoms with Crippen molar-refractivity contribution in [1.82, 2.24) is 0 Å². The normalized spacial score (nSPS) is 11.1. The highest BCUT2D eigenvalue weighted by Crippen LogP contribution is 2.27. The van der Waals surface area contributed by atoms with Gasteiger partial charge < -0.3 is 9.15 Å². The third-order valence-electron chi connectivity index (χ3n) is 3.89. The Balaban J connectivity index is 1.74. The van der Waals surface area contributed by atoms with Crippen LogP contribution in [0.3, 0.4) is 0 Å². The SMILES string of the molecule is CCOC(=O)c1ccc(-c2ccc(/C=N/Nc3c(F)c(F)c(F)c(F)c3F)o2)cc1. The van der Waals surface area contributed by atoms with E-state index in [1.807, 2.05) is 0 Å². The van der Waals surface area contributed by atoms with Gasteiger partial charge in [-0.05, 0) is 31.2 Å². The van der Waals surface area contributed by atoms with Gasteiger partial charge in [0.2, 0.25) is 5.82 Å². The molecule has 0 atom stereocenters. The van der Waals surface area contributed by atoms with Crippen molar-refractivity contribution in [3.63, 3.8) is 0 Å². The third kappa shape index (κ3) is 4.17. The van der Waals surface area contributed by atoms with Gasteiger partial charge in [0, 0.05) is 5.56 Å². The average molecular weight is 424 g/mol. The number of esters is 1. The molecule has 0 saturated carbocycles. The molecule has 5 nitrogen and oxygen atoms in total. The number of hydrazone groups is 1. The predicted octanol–water partition coefficient (Wildman–Crippen LogP) is 5.26. The molecule has 0 saturated heterocycles. The zero-order chi connectivity index (χ0) is 21.8. The van der Waals surface area contributed by atoms with Crippen LogP contribution in [0.25, 0.3) is 11.3 Å². The second kappa shape index (κ2) is 8.76. The number of nitrogens with zero attached hydrogens (tertiary/aromatic N) is 1. The van der Waals surface area contributed by atoms with Crippen LogP contribution in [0, 0.1) is 29.1 Å². The van der Waals surface area contributed by atoms with Crippen LogP contribution in [0.2, 0.25) is 0 Å². The first-order valence-electron chi connectivity index (χ1n) is 8.51. The van der Waals surface area contributed by atoms with Gasteiger partial charge in [0.1, 0.15) is 17.2 Å². The maximum Gasteiger partial charge on any atom is 0.338 e. The molecule has 0 aliphatic carbocycles. The lowest BCUT2D eigenvalue weighted by atomic mass is 10.1. The first-order valence-corrected chi connectivity index (χ1v) is 8.51. The van der Waals surface area contributed by atoms with Gasteiger partial charge in [-0.1, -0.05) is 12.1 Å². The summed E-state index contributed by atoms with van der Waals surface area (Å²) in [5.41, 5.74) is 1.48. The molecule has 0 spiro atoms. The molecule has 0 amide bonds. The van der Waals surface area contributed by atoms with Crippen LogP contribution in [0.1, 0.15) is 23.0 Å². The van der Waals surface area contributed by atoms with Gasteiger partial charge in [-0.25, -0.2) is 26.7 Å². The smallest absolute Gasteiger partial charge is 0.338 e. The van der Waals surface area contributed by atoms with Crippen LogP contribution in [0.5, 0.6) is 0 Å². The van der Waals surface area contributed by atoms with E-state index in [-0.39, 0.29) is 12.4 Å². The lowest BCUT2D eigenvalue weighted by molar-refractivity contribution is 0.0526. The van der Waals surface area contributed by atoms with Crippen LogP contribution in [0.4, 0.5) is 27.6 Å². The first-order chi connectivity index (χ1) is 14.3. The van der Waals surface area contributed by atoms with Crippen molar-refractivity contribution < 1.29 is 35.9 Å². The summed E-state index contributed by atoms with van der Waals surface area (Å²) < 4.78 is 76.9. The summed E-state index contributed by atoms with van der Waals surface area (Å²) in [6.07, 6.45) is 0.995. The molecule has 156 valence electrons. The number of ether oxygens (including phenoxy) is 1. The molecule has 0 unspecified atom stereocenters. The molecule has 1 N–H and O–H groups in total. The fourth-order valence-electron chi connectivity index (χ4n) is 2.43. The minimum atomic E-state index is -2.26. The number of carbonyl (C=O) groups excluding carboxylic acids is 1. The molecular weight excluding hydrogens is 411 g/mol. The monoisotopic (exact) mass is 424 g/mol. The van der Waals surface area contributed by atoms with E-state index in [9.17, 15) is 26.7 Å². The van der Waals surface area contributed by atoms with Crippen LogP contribution in [0.15, 0.2) is 45.9 Å². The number of furan rings is 1. The molecule has 30 heavy (non-hydrogen) atoms. The van der Waals surface area contributed by atoms with Crippen molar-refractivity contribution in [2.45, 2.75) is 6.92 Å². The highest BCUT2D eigenvalue weighted by atomic mass is 19.2. The van der Waals surface area contributed by atoms with E-state index in [1.54, 1.807) is 42.7 Å². The fraction of sp³-hybridized carbons (Fsp3) is 0.100. The Kier molecular flexibility index (Phi) is 6.14. The highest BCUT2D eigenvalue weighted by Gasteiger charge is 2.25. The van der Waals surface area contributed by atoms with Crippen LogP contribution in [-0.4, -0.2) is 18.8 Å². The standard InChI is InChI=1S/C20H13F5N2O3/c1-2-29-20(28)11-5-3-10(4-6-11)13-8-7-12(30-13)9-26-27-19-17(24)15(22)14(21)16(23)18(19)25/h3-9,27H,2H2,1H3/b26-9+. The zero-order valence-electron chi connectivity index (χ0n) is 15.3. The Labute approximate surface area is 166 Å². The molecule has 0 aliphatic heterocycles. The van der Waals surface area contributed by atoms with Crippen molar-refractivity contribution in [1.29, 1.82) is 0 Å². The largest absolute Gasteiger partial charge is 0.462 e. The molecular formula is C20H13F5N2O3. The molecule has 2 aromatic carbocycles. The topological polar surface area (TPSA) is 63.8 Å². The lowest BCUT2D eigenvalue weighted by Crippen LogP contribution is -2.06. The Morgan fingerprint density at radius 2 is 1.57 bits per heavy atom. The van der Waals surface area contributed by atoms with E-state index in [0.717, 1.165) is 6.21 Å². The average Bonchev–Trinajstić information content (AvgIpc) is 3.22. The van der Waals surface area contributed by atoms with Crippen molar-refractivity contribution in [2.24, 2.45) is 5.10 Å². The lowest BCUT2D eigenvalue weighted by Gasteiger charge is -2.06. The van der Waals surface area contributed by atoms with Gasteiger partial charge in [-0.3, -0.25) is 5.43 Å². The Bertz CT molecular complexity index is 1080. The van der Waals surface area contributed by atoms with Gasteiger partial charge in [0.15, 0.2) is 23.3 Å². The molecule has 0 aliphatic rings. The summed E-state index contributed by atoms with van der Waals surface area (Å²) in [6.45, 7) is 1.94. The molecule has 10 heteroatoms. The van der Waals surface area contributed by atoms with Crippen molar-refractivity contribution in [2.75, 3.05) is 12.0 Å². The number of hydrogen-bond donors (Lipinski definition) is 1. The summed E-state index contributed by atoms with van der Waals surface area (Å²) in [5, 5.41) is 3.44. The summed E-state index contributed by atoms with van der Waals surface area (Å²) in [7, 11) is 0. The molecule has 3 aromatic rings. The van der Waals surface area contributed by atoms with Crippen molar-refractivity contribution in [3.8, 4) is 11.3 Å². The highest BCUT2D eigenvalue weighted by molar-refractivity contribution is 5.90. The Hall–Kier alpha value is -3.69. The maximum absolute atomic E-state index is 13.6. The number of anilines is 1. The third-order valence-corrected chi connectivity index (χ3v) is 3.89. The van der Waals surface area contributed by atoms with E-state index in [1.165, 1.54) is 6.07 Å². The van der Waals surface area contributed by atoms with E-state index in [4.69, 9.17) is 9.15 Å². The number of carbonyl (C=O) groups is 1. The first kappa shape index (κ1) is 21.0. The second-order valence-electron chi connectivity index (χ2n) is 5.81. The quantitative estimate of drug-likeness (QED) is 0.146. The number of nitrogens with one attached hydrogen (secondary N) is 1. The molecule has 0 fully saturated rings. The number of rotatable bonds is 6. The van der Waals surface area contributed by atoms with Crippen LogP contribution in [-0.2, 0) is 4.74 Å². The summed E-state index contributed by atoms with van der Waals surface area (Å²) in [5.74, 6) is -10.4. The minimum absolute atomic E-state index is 0.135. The van der Waals surface area contributed by atoms with E-state index in [2.05, 4.69) is 5.10 Å². The molecule has 0 radical (unpaired) electrons. The fourth-order valence-corrected chi connectivity index (χ4v) is 2.43. The molecule has 1 aromatic heterocycles. The summed E-state index contributed by atoms with van der Waals surface area (Å²) >= 11 is 0. The molecule has 0 bridgehead atoms. The molecule has 1 heterocycles. The predicted molar refractivity (Wildman–Crippen MR) is 97.5 cm³/mol. The van der Waals surface area contributed by atoms with Gasteiger partial charge in [-0.15, -0.1) is 0 Å². The van der Waals surface area contributed by atoms with Crippen LogP contribution >= 0.6 is 0 Å². The Morgan fingerprint density at radius 3 is 2.17 bits per heavy atom. The van der Waals surface area contributed by atoms with Gasteiger partial charge in [0.25, 0.3) is 0 Å². The minimum Gasteiger partial charge on any atom is -0.462 e. The maximum atomic E-state index is 13.6. The van der Waals surface area contributed by atoms with E-state index in [0.29, 0.717) is 16.9 Å². The molecule has 3 rings (SSSR count). The van der Waals surface area contributed by atoms with Crippen molar-refractivity contribution >= 4 is 17.9 Å². The van der Waals surface area contributed by atoms with E-state index < -0.39 is 40.7 Å². The number of halogens is 5. The Morgan fingerprint density at radius 1 is 0.967 bits per heavy atom. The van der Waals surface area contributed by atoms with Crippen LogP contribution < -0.4 is 5.43 Å². The second-order valence-corrected chi connectivity index (χ2v) is 5.81.